The molecule has 4 rings (SSSR count). The highest BCUT2D eigenvalue weighted by molar-refractivity contribution is 7.86. The van der Waals surface area contributed by atoms with E-state index in [1.54, 1.807) is 0 Å². The molecule has 1 aliphatic carbocycles. The molecule has 0 aliphatic heterocycles. The zero-order valence-corrected chi connectivity index (χ0v) is 22.4. The maximum atomic E-state index is 14.3. The lowest BCUT2D eigenvalue weighted by atomic mass is 9.74. The normalized spacial score (nSPS) is 20.1. The lowest BCUT2D eigenvalue weighted by Crippen LogP contribution is -2.56. The quantitative estimate of drug-likeness (QED) is 0.277. The van der Waals surface area contributed by atoms with Crippen LogP contribution in [0.1, 0.15) is 36.5 Å². The molecule has 1 amide bonds. The highest BCUT2D eigenvalue weighted by Crippen LogP contribution is 2.55. The Bertz CT molecular complexity index is 1430. The zero-order valence-electron chi connectivity index (χ0n) is 21.6. The van der Waals surface area contributed by atoms with Gasteiger partial charge in [0.05, 0.1) is 22.2 Å². The van der Waals surface area contributed by atoms with Gasteiger partial charge in [-0.05, 0) is 54.8 Å². The lowest BCUT2D eigenvalue weighted by molar-refractivity contribution is -0.392. The number of hydrogen-bond acceptors (Lipinski definition) is 3. The number of halogens is 9. The van der Waals surface area contributed by atoms with Crippen molar-refractivity contribution < 1.29 is 53.3 Å². The van der Waals surface area contributed by atoms with Crippen LogP contribution < -0.4 is 5.32 Å². The maximum Gasteiger partial charge on any atom is 0.430 e. The van der Waals surface area contributed by atoms with Gasteiger partial charge in [-0.3, -0.25) is 9.00 Å². The average molecular weight is 624 g/mol. The average Bonchev–Trinajstić information content (AvgIpc) is 2.86. The molecule has 226 valence electrons. The molecule has 1 saturated carbocycles. The first-order chi connectivity index (χ1) is 19.5. The molecule has 3 aromatic carbocycles. The Hall–Kier alpha value is -3.39. The van der Waals surface area contributed by atoms with Crippen molar-refractivity contribution in [3.05, 3.63) is 101 Å². The van der Waals surface area contributed by atoms with Gasteiger partial charge in [0.2, 0.25) is 5.91 Å². The molecule has 1 atom stereocenters. The molecule has 1 fully saturated rings. The Kier molecular flexibility index (Phi) is 8.53. The third-order valence-electron chi connectivity index (χ3n) is 7.05. The van der Waals surface area contributed by atoms with Crippen LogP contribution in [-0.4, -0.2) is 28.5 Å². The van der Waals surface area contributed by atoms with Crippen LogP contribution in [0.25, 0.3) is 0 Å². The summed E-state index contributed by atoms with van der Waals surface area (Å²) in [5.41, 5.74) is -7.44. The number of carbonyl (C=O) groups is 1. The lowest BCUT2D eigenvalue weighted by Gasteiger charge is -2.47. The van der Waals surface area contributed by atoms with Crippen LogP contribution in [-0.2, 0) is 37.3 Å². The highest BCUT2D eigenvalue weighted by Gasteiger charge is 2.73. The molecule has 0 bridgehead atoms. The summed E-state index contributed by atoms with van der Waals surface area (Å²) in [5, 5.41) is 2.62. The van der Waals surface area contributed by atoms with Crippen LogP contribution in [0.5, 0.6) is 0 Å². The molecule has 1 unspecified atom stereocenters. The number of hydrogen-bond donors (Lipinski definition) is 1. The molecule has 4 nitrogen and oxygen atoms in total. The fourth-order valence-corrected chi connectivity index (χ4v) is 6.89. The second-order valence-electron chi connectivity index (χ2n) is 9.77. The number of carbonyl (C=O) groups excluding carboxylic acids is 1. The Labute approximate surface area is 236 Å². The highest BCUT2D eigenvalue weighted by atomic mass is 32.2. The molecular weight excluding hydrogens is 601 g/mol. The Morgan fingerprint density at radius 3 is 1.88 bits per heavy atom. The van der Waals surface area contributed by atoms with Crippen LogP contribution in [0.15, 0.2) is 71.6 Å². The van der Waals surface area contributed by atoms with E-state index in [-0.39, 0.29) is 23.3 Å². The second-order valence-corrected chi connectivity index (χ2v) is 11.6. The first-order valence-electron chi connectivity index (χ1n) is 12.3. The number of rotatable bonds is 8. The van der Waals surface area contributed by atoms with E-state index in [0.717, 1.165) is 30.3 Å². The van der Waals surface area contributed by atoms with Crippen molar-refractivity contribution in [2.24, 2.45) is 0 Å². The van der Waals surface area contributed by atoms with Crippen molar-refractivity contribution in [1.29, 1.82) is 0 Å². The summed E-state index contributed by atoms with van der Waals surface area (Å²) in [5.74, 6) is -3.81. The van der Waals surface area contributed by atoms with Gasteiger partial charge in [0.25, 0.3) is 5.60 Å². The van der Waals surface area contributed by atoms with Gasteiger partial charge in [-0.25, -0.2) is 13.2 Å². The maximum absolute atomic E-state index is 14.3. The number of benzene rings is 3. The van der Waals surface area contributed by atoms with Gasteiger partial charge in [0.1, 0.15) is 17.5 Å². The topological polar surface area (TPSA) is 55.4 Å². The third-order valence-corrected chi connectivity index (χ3v) is 9.03. The van der Waals surface area contributed by atoms with Crippen LogP contribution in [0.2, 0.25) is 0 Å². The van der Waals surface area contributed by atoms with Gasteiger partial charge in [0, 0.05) is 29.0 Å². The smallest absolute Gasteiger partial charge is 0.353 e. The summed E-state index contributed by atoms with van der Waals surface area (Å²) >= 11 is 0. The van der Waals surface area contributed by atoms with E-state index in [1.807, 2.05) is 0 Å². The van der Waals surface area contributed by atoms with Gasteiger partial charge in [0.15, 0.2) is 0 Å². The molecule has 1 aliphatic rings. The predicted octanol–water partition coefficient (Wildman–Crippen LogP) is 6.94. The minimum absolute atomic E-state index is 0.0165. The second kappa shape index (κ2) is 11.4. The molecule has 0 saturated heterocycles. The number of alkyl halides is 6. The van der Waals surface area contributed by atoms with Crippen molar-refractivity contribution in [3.8, 4) is 0 Å². The SMILES string of the molecule is CC(=O)NC1CC(c2ccc(C(OCc3c(F)cccc3F)(C(F)(F)F)C(F)(F)F)cc2)(S(=O)c2ccc(F)cc2)C1. The molecule has 42 heavy (non-hydrogen) atoms. The predicted molar refractivity (Wildman–Crippen MR) is 133 cm³/mol. The molecule has 3 aromatic rings. The number of amides is 1. The monoisotopic (exact) mass is 623 g/mol. The van der Waals surface area contributed by atoms with Gasteiger partial charge in [-0.1, -0.05) is 30.3 Å². The summed E-state index contributed by atoms with van der Waals surface area (Å²) in [4.78, 5) is 11.7. The van der Waals surface area contributed by atoms with E-state index in [1.165, 1.54) is 19.1 Å². The van der Waals surface area contributed by atoms with Gasteiger partial charge < -0.3 is 10.1 Å². The van der Waals surface area contributed by atoms with Crippen LogP contribution >= 0.6 is 0 Å². The summed E-state index contributed by atoms with van der Waals surface area (Å²) < 4.78 is 144. The first kappa shape index (κ1) is 31.5. The van der Waals surface area contributed by atoms with E-state index >= 15 is 0 Å². The summed E-state index contributed by atoms with van der Waals surface area (Å²) in [6, 6.07) is 9.15. The van der Waals surface area contributed by atoms with Crippen LogP contribution in [0.4, 0.5) is 39.5 Å². The zero-order chi connectivity index (χ0) is 31.1. The molecule has 0 spiro atoms. The Morgan fingerprint density at radius 2 is 1.40 bits per heavy atom. The van der Waals surface area contributed by atoms with E-state index < -0.39 is 80.6 Å². The van der Waals surface area contributed by atoms with Crippen molar-refractivity contribution in [2.75, 3.05) is 0 Å². The number of ether oxygens (including phenoxy) is 1. The third kappa shape index (κ3) is 5.65. The van der Waals surface area contributed by atoms with Crippen molar-refractivity contribution in [3.63, 3.8) is 0 Å². The summed E-state index contributed by atoms with van der Waals surface area (Å²) in [7, 11) is -1.97. The minimum Gasteiger partial charge on any atom is -0.353 e. The minimum atomic E-state index is -6.13. The first-order valence-corrected chi connectivity index (χ1v) is 13.4. The number of nitrogens with one attached hydrogen (secondary N) is 1. The Morgan fingerprint density at radius 1 is 0.881 bits per heavy atom. The summed E-state index contributed by atoms with van der Waals surface area (Å²) in [6.45, 7) is -0.455. The molecule has 0 aromatic heterocycles. The van der Waals surface area contributed by atoms with E-state index in [4.69, 9.17) is 0 Å². The van der Waals surface area contributed by atoms with Gasteiger partial charge >= 0.3 is 12.4 Å². The summed E-state index contributed by atoms with van der Waals surface area (Å²) in [6.07, 6.45) is -12.2. The van der Waals surface area contributed by atoms with Crippen molar-refractivity contribution >= 4 is 16.7 Å². The van der Waals surface area contributed by atoms with Gasteiger partial charge in [-0.2, -0.15) is 26.3 Å². The van der Waals surface area contributed by atoms with E-state index in [9.17, 15) is 48.5 Å². The van der Waals surface area contributed by atoms with Crippen LogP contribution in [0.3, 0.4) is 0 Å². The molecule has 0 heterocycles. The van der Waals surface area contributed by atoms with Crippen molar-refractivity contribution in [2.45, 2.75) is 60.0 Å². The Balaban J connectivity index is 1.77. The fraction of sp³-hybridized carbons (Fsp3) is 0.321. The molecule has 1 N–H and O–H groups in total. The fourth-order valence-electron chi connectivity index (χ4n) is 5.00. The standard InChI is InChI=1S/C28H22F9NO3S/c1-16(39)38-20-13-25(14-20,42(40)21-11-9-19(29)10-12-21)17-5-7-18(8-6-17)26(27(32,33)34,28(35,36)37)41-15-22-23(30)3-2-4-24(22)31/h2-12,20H,13-15H2,1H3,(H,38,39). The van der Waals surface area contributed by atoms with E-state index in [2.05, 4.69) is 10.1 Å². The van der Waals surface area contributed by atoms with E-state index in [0.29, 0.717) is 24.3 Å². The molecular formula is C28H22F9NO3S. The largest absolute Gasteiger partial charge is 0.430 e. The van der Waals surface area contributed by atoms with Crippen molar-refractivity contribution in [1.82, 2.24) is 5.32 Å². The molecule has 14 heteroatoms. The van der Waals surface area contributed by atoms with Crippen LogP contribution in [0, 0.1) is 17.5 Å². The van der Waals surface area contributed by atoms with Gasteiger partial charge in [-0.15, -0.1) is 0 Å². The molecule has 0 radical (unpaired) electrons.